The van der Waals surface area contributed by atoms with E-state index in [-0.39, 0.29) is 0 Å². The molecular formula is C12H13N3S. The van der Waals surface area contributed by atoms with Gasteiger partial charge in [-0.05, 0) is 24.6 Å². The average Bonchev–Trinajstić information content (AvgIpc) is 2.72. The fraction of sp³-hybridized carbons (Fsp3) is 0.333. The fourth-order valence-electron chi connectivity index (χ4n) is 1.89. The van der Waals surface area contributed by atoms with Gasteiger partial charge in [0.1, 0.15) is 5.01 Å². The lowest BCUT2D eigenvalue weighted by Gasteiger charge is -2.09. The van der Waals surface area contributed by atoms with Gasteiger partial charge in [0.25, 0.3) is 0 Å². The predicted octanol–water partition coefficient (Wildman–Crippen LogP) is 2.16. The summed E-state index contributed by atoms with van der Waals surface area (Å²) >= 11 is 1.76. The molecule has 0 bridgehead atoms. The maximum Gasteiger partial charge on any atom is 0.142 e. The summed E-state index contributed by atoms with van der Waals surface area (Å²) in [6.07, 6.45) is 2.89. The van der Waals surface area contributed by atoms with Crippen molar-refractivity contribution in [2.24, 2.45) is 0 Å². The third-order valence-electron chi connectivity index (χ3n) is 2.74. The Bertz CT molecular complexity index is 495. The molecule has 3 rings (SSSR count). The van der Waals surface area contributed by atoms with Gasteiger partial charge in [0.15, 0.2) is 0 Å². The van der Waals surface area contributed by atoms with E-state index in [1.54, 1.807) is 11.3 Å². The lowest BCUT2D eigenvalue weighted by molar-refractivity contribution is 0.644. The number of aromatic nitrogens is 2. The highest BCUT2D eigenvalue weighted by atomic mass is 32.1. The average molecular weight is 231 g/mol. The molecule has 16 heavy (non-hydrogen) atoms. The Labute approximate surface area is 98.6 Å². The Morgan fingerprint density at radius 1 is 1.44 bits per heavy atom. The molecule has 0 saturated heterocycles. The molecule has 1 N–H and O–H groups in total. The molecule has 4 heteroatoms. The third-order valence-corrected chi connectivity index (χ3v) is 3.86. The second-order valence-electron chi connectivity index (χ2n) is 4.03. The topological polar surface area (TPSA) is 37.8 Å². The minimum Gasteiger partial charge on any atom is -0.311 e. The Balaban J connectivity index is 2.03. The minimum absolute atomic E-state index is 0.957. The van der Waals surface area contributed by atoms with Gasteiger partial charge in [-0.1, -0.05) is 0 Å². The van der Waals surface area contributed by atoms with Gasteiger partial charge in [-0.15, -0.1) is 11.3 Å². The van der Waals surface area contributed by atoms with Crippen molar-refractivity contribution in [3.05, 3.63) is 34.5 Å². The lowest BCUT2D eigenvalue weighted by Crippen LogP contribution is -2.22. The van der Waals surface area contributed by atoms with Crippen LogP contribution in [-0.2, 0) is 13.0 Å². The van der Waals surface area contributed by atoms with Crippen LogP contribution in [0.1, 0.15) is 16.1 Å². The summed E-state index contributed by atoms with van der Waals surface area (Å²) in [6.45, 7) is 4.08. The maximum atomic E-state index is 4.68. The maximum absolute atomic E-state index is 4.68. The second-order valence-corrected chi connectivity index (χ2v) is 5.12. The summed E-state index contributed by atoms with van der Waals surface area (Å²) in [4.78, 5) is 10.4. The molecule has 3 nitrogen and oxygen atoms in total. The number of hydrogen-bond acceptors (Lipinski definition) is 4. The largest absolute Gasteiger partial charge is 0.311 e. The molecule has 1 aliphatic heterocycles. The van der Waals surface area contributed by atoms with Gasteiger partial charge in [-0.3, -0.25) is 4.98 Å². The molecule has 2 aromatic heterocycles. The number of aryl methyl sites for hydroxylation is 1. The number of rotatable bonds is 1. The summed E-state index contributed by atoms with van der Waals surface area (Å²) in [5.41, 5.74) is 3.48. The molecule has 0 aromatic carbocycles. The number of nitrogens with one attached hydrogen (secondary N) is 1. The van der Waals surface area contributed by atoms with E-state index in [1.807, 2.05) is 12.3 Å². The number of pyridine rings is 1. The molecule has 0 unspecified atom stereocenters. The zero-order chi connectivity index (χ0) is 11.0. The van der Waals surface area contributed by atoms with Crippen LogP contribution in [-0.4, -0.2) is 16.5 Å². The van der Waals surface area contributed by atoms with Crippen LogP contribution < -0.4 is 5.32 Å². The van der Waals surface area contributed by atoms with Gasteiger partial charge in [0.05, 0.1) is 11.4 Å². The first kappa shape index (κ1) is 9.93. The fourth-order valence-corrected chi connectivity index (χ4v) is 2.93. The summed E-state index contributed by atoms with van der Waals surface area (Å²) in [6, 6.07) is 4.11. The Hall–Kier alpha value is -1.26. The Morgan fingerprint density at radius 3 is 3.19 bits per heavy atom. The molecule has 1 aliphatic rings. The van der Waals surface area contributed by atoms with Crippen LogP contribution in [0.3, 0.4) is 0 Å². The van der Waals surface area contributed by atoms with E-state index in [2.05, 4.69) is 28.3 Å². The first-order chi connectivity index (χ1) is 7.83. The SMILES string of the molecule is Cc1ccnc(-c2nc3c(s2)CNCC3)c1. The van der Waals surface area contributed by atoms with Gasteiger partial charge >= 0.3 is 0 Å². The number of thiazole rings is 1. The second kappa shape index (κ2) is 3.96. The van der Waals surface area contributed by atoms with E-state index in [9.17, 15) is 0 Å². The van der Waals surface area contributed by atoms with Crippen molar-refractivity contribution in [1.82, 2.24) is 15.3 Å². The molecular weight excluding hydrogens is 218 g/mol. The van der Waals surface area contributed by atoms with Crippen molar-refractivity contribution in [2.45, 2.75) is 19.9 Å². The van der Waals surface area contributed by atoms with Crippen molar-refractivity contribution >= 4 is 11.3 Å². The van der Waals surface area contributed by atoms with Crippen LogP contribution in [0.25, 0.3) is 10.7 Å². The lowest BCUT2D eigenvalue weighted by atomic mass is 10.2. The quantitative estimate of drug-likeness (QED) is 0.817. The Morgan fingerprint density at radius 2 is 2.38 bits per heavy atom. The molecule has 0 radical (unpaired) electrons. The van der Waals surface area contributed by atoms with Crippen molar-refractivity contribution in [3.8, 4) is 10.7 Å². The third kappa shape index (κ3) is 1.74. The van der Waals surface area contributed by atoms with Gasteiger partial charge in [0.2, 0.25) is 0 Å². The predicted molar refractivity (Wildman–Crippen MR) is 65.5 cm³/mol. The number of fused-ring (bicyclic) bond motifs is 1. The smallest absolute Gasteiger partial charge is 0.142 e. The van der Waals surface area contributed by atoms with Gasteiger partial charge in [0, 0.05) is 30.6 Å². The highest BCUT2D eigenvalue weighted by molar-refractivity contribution is 7.15. The van der Waals surface area contributed by atoms with Gasteiger partial charge in [-0.2, -0.15) is 0 Å². The highest BCUT2D eigenvalue weighted by Gasteiger charge is 2.15. The molecule has 0 atom stereocenters. The van der Waals surface area contributed by atoms with Crippen LogP contribution in [0.4, 0.5) is 0 Å². The summed E-state index contributed by atoms with van der Waals surface area (Å²) in [5, 5.41) is 4.42. The summed E-state index contributed by atoms with van der Waals surface area (Å²) in [7, 11) is 0. The summed E-state index contributed by atoms with van der Waals surface area (Å²) < 4.78 is 0. The van der Waals surface area contributed by atoms with Crippen molar-refractivity contribution in [1.29, 1.82) is 0 Å². The molecule has 0 spiro atoms. The standard InChI is InChI=1S/C12H13N3S/c1-8-2-5-14-10(6-8)12-15-9-3-4-13-7-11(9)16-12/h2,5-6,13H,3-4,7H2,1H3. The first-order valence-electron chi connectivity index (χ1n) is 5.45. The van der Waals surface area contributed by atoms with Crippen LogP contribution in [0.15, 0.2) is 18.3 Å². The number of hydrogen-bond donors (Lipinski definition) is 1. The minimum atomic E-state index is 0.957. The van der Waals surface area contributed by atoms with Gasteiger partial charge < -0.3 is 5.32 Å². The monoisotopic (exact) mass is 231 g/mol. The highest BCUT2D eigenvalue weighted by Crippen LogP contribution is 2.28. The van der Waals surface area contributed by atoms with Crippen molar-refractivity contribution in [3.63, 3.8) is 0 Å². The van der Waals surface area contributed by atoms with Crippen molar-refractivity contribution < 1.29 is 0 Å². The van der Waals surface area contributed by atoms with E-state index in [1.165, 1.54) is 16.1 Å². The summed E-state index contributed by atoms with van der Waals surface area (Å²) in [5.74, 6) is 0. The molecule has 0 fully saturated rings. The zero-order valence-electron chi connectivity index (χ0n) is 9.16. The molecule has 2 aromatic rings. The molecule has 0 aliphatic carbocycles. The number of nitrogens with zero attached hydrogens (tertiary/aromatic N) is 2. The Kier molecular flexibility index (Phi) is 2.46. The van der Waals surface area contributed by atoms with E-state index < -0.39 is 0 Å². The first-order valence-corrected chi connectivity index (χ1v) is 6.27. The van der Waals surface area contributed by atoms with Crippen LogP contribution in [0, 0.1) is 6.92 Å². The van der Waals surface area contributed by atoms with Crippen LogP contribution in [0.2, 0.25) is 0 Å². The van der Waals surface area contributed by atoms with E-state index in [0.717, 1.165) is 30.2 Å². The van der Waals surface area contributed by atoms with E-state index in [4.69, 9.17) is 0 Å². The van der Waals surface area contributed by atoms with Crippen LogP contribution >= 0.6 is 11.3 Å². The van der Waals surface area contributed by atoms with Crippen LogP contribution in [0.5, 0.6) is 0 Å². The van der Waals surface area contributed by atoms with E-state index in [0.29, 0.717) is 0 Å². The molecule has 82 valence electrons. The van der Waals surface area contributed by atoms with Gasteiger partial charge in [-0.25, -0.2) is 4.98 Å². The normalized spacial score (nSPS) is 14.8. The molecule has 0 amide bonds. The van der Waals surface area contributed by atoms with Crippen molar-refractivity contribution in [2.75, 3.05) is 6.54 Å². The van der Waals surface area contributed by atoms with E-state index >= 15 is 0 Å². The zero-order valence-corrected chi connectivity index (χ0v) is 9.97. The molecule has 3 heterocycles. The molecule has 0 saturated carbocycles.